The first-order valence-electron chi connectivity index (χ1n) is 7.03. The molecule has 0 fully saturated rings. The Morgan fingerprint density at radius 2 is 1.68 bits per heavy atom. The summed E-state index contributed by atoms with van der Waals surface area (Å²) < 4.78 is 5.30. The molecule has 2 aromatic carbocycles. The quantitative estimate of drug-likeness (QED) is 0.419. The largest absolute Gasteiger partial charge is 0.422 e. The second-order valence-electron chi connectivity index (χ2n) is 5.10. The SMILES string of the molecule is O=c1oc2ccccc2c2nc(Cc3ccccc3)ncc12. The zero-order valence-electron chi connectivity index (χ0n) is 11.7. The molecule has 0 spiro atoms. The van der Waals surface area contributed by atoms with Crippen molar-refractivity contribution in [2.45, 2.75) is 6.42 Å². The third-order valence-corrected chi connectivity index (χ3v) is 3.61. The van der Waals surface area contributed by atoms with Gasteiger partial charge in [0.1, 0.15) is 16.8 Å². The van der Waals surface area contributed by atoms with Crippen molar-refractivity contribution in [1.82, 2.24) is 9.97 Å². The lowest BCUT2D eigenvalue weighted by molar-refractivity contribution is 0.569. The van der Waals surface area contributed by atoms with E-state index in [9.17, 15) is 4.79 Å². The van der Waals surface area contributed by atoms with E-state index in [1.807, 2.05) is 48.5 Å². The van der Waals surface area contributed by atoms with Crippen LogP contribution in [0, 0.1) is 0 Å². The maximum absolute atomic E-state index is 12.0. The molecule has 0 saturated carbocycles. The zero-order chi connectivity index (χ0) is 14.9. The topological polar surface area (TPSA) is 56.0 Å². The normalized spacial score (nSPS) is 11.1. The summed E-state index contributed by atoms with van der Waals surface area (Å²) in [4.78, 5) is 20.9. The Kier molecular flexibility index (Phi) is 2.93. The predicted octanol–water partition coefficient (Wildman–Crippen LogP) is 3.33. The molecule has 0 atom stereocenters. The highest BCUT2D eigenvalue weighted by Crippen LogP contribution is 2.20. The molecule has 0 unspecified atom stereocenters. The first-order chi connectivity index (χ1) is 10.8. The molecule has 4 rings (SSSR count). The van der Waals surface area contributed by atoms with E-state index in [1.54, 1.807) is 12.3 Å². The van der Waals surface area contributed by atoms with Crippen molar-refractivity contribution >= 4 is 21.9 Å². The van der Waals surface area contributed by atoms with Crippen LogP contribution in [0.3, 0.4) is 0 Å². The van der Waals surface area contributed by atoms with Crippen LogP contribution in [-0.2, 0) is 6.42 Å². The molecule has 0 aliphatic carbocycles. The first-order valence-corrected chi connectivity index (χ1v) is 7.03. The molecule has 4 heteroatoms. The first kappa shape index (κ1) is 12.7. The van der Waals surface area contributed by atoms with Crippen molar-refractivity contribution in [2.75, 3.05) is 0 Å². The Hall–Kier alpha value is -3.01. The van der Waals surface area contributed by atoms with Gasteiger partial charge in [-0.3, -0.25) is 0 Å². The molecule has 106 valence electrons. The number of para-hydroxylation sites is 1. The molecule has 0 saturated heterocycles. The fourth-order valence-electron chi connectivity index (χ4n) is 2.54. The molecule has 0 amide bonds. The van der Waals surface area contributed by atoms with Gasteiger partial charge in [-0.05, 0) is 17.7 Å². The van der Waals surface area contributed by atoms with E-state index in [-0.39, 0.29) is 0 Å². The van der Waals surface area contributed by atoms with Gasteiger partial charge in [0.25, 0.3) is 0 Å². The lowest BCUT2D eigenvalue weighted by Gasteiger charge is -2.04. The monoisotopic (exact) mass is 288 g/mol. The molecule has 0 bridgehead atoms. The third-order valence-electron chi connectivity index (χ3n) is 3.61. The Morgan fingerprint density at radius 3 is 2.55 bits per heavy atom. The van der Waals surface area contributed by atoms with Gasteiger partial charge in [0.2, 0.25) is 0 Å². The number of fused-ring (bicyclic) bond motifs is 3. The van der Waals surface area contributed by atoms with E-state index in [1.165, 1.54) is 0 Å². The van der Waals surface area contributed by atoms with E-state index in [0.29, 0.717) is 28.7 Å². The minimum Gasteiger partial charge on any atom is -0.422 e. The summed E-state index contributed by atoms with van der Waals surface area (Å²) in [6, 6.07) is 17.4. The summed E-state index contributed by atoms with van der Waals surface area (Å²) in [5.41, 5.74) is 1.92. The summed E-state index contributed by atoms with van der Waals surface area (Å²) in [6.45, 7) is 0. The van der Waals surface area contributed by atoms with Gasteiger partial charge in [-0.15, -0.1) is 0 Å². The number of benzene rings is 2. The summed E-state index contributed by atoms with van der Waals surface area (Å²) in [6.07, 6.45) is 2.18. The van der Waals surface area contributed by atoms with Crippen LogP contribution in [0.1, 0.15) is 11.4 Å². The minimum atomic E-state index is -0.403. The molecule has 22 heavy (non-hydrogen) atoms. The average Bonchev–Trinajstić information content (AvgIpc) is 2.56. The van der Waals surface area contributed by atoms with Gasteiger partial charge in [-0.2, -0.15) is 0 Å². The van der Waals surface area contributed by atoms with Crippen LogP contribution in [0.25, 0.3) is 21.9 Å². The number of hydrogen-bond acceptors (Lipinski definition) is 4. The maximum Gasteiger partial charge on any atom is 0.347 e. The van der Waals surface area contributed by atoms with Gasteiger partial charge in [0.15, 0.2) is 0 Å². The van der Waals surface area contributed by atoms with Crippen molar-refractivity contribution < 1.29 is 4.42 Å². The lowest BCUT2D eigenvalue weighted by atomic mass is 10.1. The van der Waals surface area contributed by atoms with Gasteiger partial charge in [0, 0.05) is 18.0 Å². The van der Waals surface area contributed by atoms with E-state index in [2.05, 4.69) is 9.97 Å². The smallest absolute Gasteiger partial charge is 0.347 e. The van der Waals surface area contributed by atoms with Gasteiger partial charge in [0.05, 0.1) is 5.52 Å². The van der Waals surface area contributed by atoms with Gasteiger partial charge in [-0.1, -0.05) is 42.5 Å². The highest BCUT2D eigenvalue weighted by Gasteiger charge is 2.10. The molecule has 2 aromatic heterocycles. The molecule has 2 heterocycles. The number of hydrogen-bond donors (Lipinski definition) is 0. The van der Waals surface area contributed by atoms with E-state index < -0.39 is 5.63 Å². The van der Waals surface area contributed by atoms with Crippen LogP contribution in [0.2, 0.25) is 0 Å². The van der Waals surface area contributed by atoms with Crippen LogP contribution < -0.4 is 5.63 Å². The van der Waals surface area contributed by atoms with Crippen molar-refractivity contribution in [3.8, 4) is 0 Å². The second-order valence-corrected chi connectivity index (χ2v) is 5.10. The maximum atomic E-state index is 12.0. The molecule has 0 N–H and O–H groups in total. The fourth-order valence-corrected chi connectivity index (χ4v) is 2.54. The Morgan fingerprint density at radius 1 is 0.909 bits per heavy atom. The summed E-state index contributed by atoms with van der Waals surface area (Å²) in [5, 5.41) is 1.24. The van der Waals surface area contributed by atoms with Gasteiger partial charge < -0.3 is 4.42 Å². The van der Waals surface area contributed by atoms with E-state index in [0.717, 1.165) is 10.9 Å². The molecular weight excluding hydrogens is 276 g/mol. The fraction of sp³-hybridized carbons (Fsp3) is 0.0556. The zero-order valence-corrected chi connectivity index (χ0v) is 11.7. The second kappa shape index (κ2) is 5.07. The number of nitrogens with zero attached hydrogens (tertiary/aromatic N) is 2. The van der Waals surface area contributed by atoms with E-state index >= 15 is 0 Å². The summed E-state index contributed by atoms with van der Waals surface area (Å²) in [5.74, 6) is 0.689. The molecular formula is C18H12N2O2. The third kappa shape index (κ3) is 2.15. The molecule has 0 aliphatic rings. The van der Waals surface area contributed by atoms with Crippen LogP contribution >= 0.6 is 0 Å². The highest BCUT2D eigenvalue weighted by atomic mass is 16.4. The molecule has 4 nitrogen and oxygen atoms in total. The summed E-state index contributed by atoms with van der Waals surface area (Å²) >= 11 is 0. The van der Waals surface area contributed by atoms with Crippen LogP contribution in [0.4, 0.5) is 0 Å². The summed E-state index contributed by atoms with van der Waals surface area (Å²) in [7, 11) is 0. The Bertz CT molecular complexity index is 1020. The standard InChI is InChI=1S/C18H12N2O2/c21-18-14-11-19-16(10-12-6-2-1-3-7-12)20-17(14)13-8-4-5-9-15(13)22-18/h1-9,11H,10H2. The Balaban J connectivity index is 1.93. The number of rotatable bonds is 2. The highest BCUT2D eigenvalue weighted by molar-refractivity contribution is 6.01. The molecule has 0 aliphatic heterocycles. The Labute approximate surface area is 126 Å². The van der Waals surface area contributed by atoms with Crippen LogP contribution in [0.5, 0.6) is 0 Å². The molecule has 4 aromatic rings. The van der Waals surface area contributed by atoms with Crippen molar-refractivity contribution in [3.05, 3.63) is 82.6 Å². The minimum absolute atomic E-state index is 0.403. The van der Waals surface area contributed by atoms with Crippen molar-refractivity contribution in [1.29, 1.82) is 0 Å². The lowest BCUT2D eigenvalue weighted by Crippen LogP contribution is -2.05. The van der Waals surface area contributed by atoms with Crippen molar-refractivity contribution in [3.63, 3.8) is 0 Å². The van der Waals surface area contributed by atoms with Crippen LogP contribution in [0.15, 0.2) is 70.0 Å². The van der Waals surface area contributed by atoms with Crippen LogP contribution in [-0.4, -0.2) is 9.97 Å². The predicted molar refractivity (Wildman–Crippen MR) is 84.8 cm³/mol. The number of aromatic nitrogens is 2. The van der Waals surface area contributed by atoms with Gasteiger partial charge in [-0.25, -0.2) is 14.8 Å². The van der Waals surface area contributed by atoms with Gasteiger partial charge >= 0.3 is 5.63 Å². The molecule has 0 radical (unpaired) electrons. The van der Waals surface area contributed by atoms with Crippen molar-refractivity contribution in [2.24, 2.45) is 0 Å². The average molecular weight is 288 g/mol. The van der Waals surface area contributed by atoms with E-state index in [4.69, 9.17) is 4.42 Å².